The SMILES string of the molecule is COc1ccc(C(=O)OCC(=O)N(Cc2ccccc2)Cc2ccccc2)cc1. The number of hydrogen-bond donors (Lipinski definition) is 0. The quantitative estimate of drug-likeness (QED) is 0.545. The highest BCUT2D eigenvalue weighted by atomic mass is 16.5. The van der Waals surface area contributed by atoms with E-state index in [2.05, 4.69) is 0 Å². The lowest BCUT2D eigenvalue weighted by Gasteiger charge is -2.23. The van der Waals surface area contributed by atoms with Crippen molar-refractivity contribution in [1.82, 2.24) is 4.90 Å². The molecule has 0 aliphatic heterocycles. The number of carbonyl (C=O) groups excluding carboxylic acids is 2. The Hall–Kier alpha value is -3.60. The van der Waals surface area contributed by atoms with Crippen molar-refractivity contribution >= 4 is 11.9 Å². The van der Waals surface area contributed by atoms with Crippen LogP contribution < -0.4 is 4.74 Å². The molecule has 0 saturated carbocycles. The minimum absolute atomic E-state index is 0.250. The Bertz CT molecular complexity index is 883. The van der Waals surface area contributed by atoms with E-state index >= 15 is 0 Å². The van der Waals surface area contributed by atoms with Gasteiger partial charge in [0.15, 0.2) is 6.61 Å². The van der Waals surface area contributed by atoms with Crippen molar-refractivity contribution < 1.29 is 19.1 Å². The Kier molecular flexibility index (Phi) is 7.00. The highest BCUT2D eigenvalue weighted by Gasteiger charge is 2.17. The maximum absolute atomic E-state index is 12.8. The number of benzene rings is 3. The van der Waals surface area contributed by atoms with Gasteiger partial charge >= 0.3 is 5.97 Å². The second-order valence-corrected chi connectivity index (χ2v) is 6.53. The zero-order valence-corrected chi connectivity index (χ0v) is 16.3. The summed E-state index contributed by atoms with van der Waals surface area (Å²) in [7, 11) is 1.56. The summed E-state index contributed by atoms with van der Waals surface area (Å²) in [4.78, 5) is 26.8. The van der Waals surface area contributed by atoms with Gasteiger partial charge in [-0.1, -0.05) is 60.7 Å². The van der Waals surface area contributed by atoms with Gasteiger partial charge in [-0.3, -0.25) is 4.79 Å². The van der Waals surface area contributed by atoms with Gasteiger partial charge in [0.2, 0.25) is 0 Å². The molecule has 5 nitrogen and oxygen atoms in total. The van der Waals surface area contributed by atoms with Crippen LogP contribution >= 0.6 is 0 Å². The van der Waals surface area contributed by atoms with Crippen molar-refractivity contribution in [2.24, 2.45) is 0 Å². The number of esters is 1. The molecule has 0 heterocycles. The lowest BCUT2D eigenvalue weighted by molar-refractivity contribution is -0.135. The lowest BCUT2D eigenvalue weighted by Crippen LogP contribution is -2.33. The molecule has 0 N–H and O–H groups in total. The van der Waals surface area contributed by atoms with Crippen LogP contribution in [0.5, 0.6) is 5.75 Å². The maximum Gasteiger partial charge on any atom is 0.338 e. The summed E-state index contributed by atoms with van der Waals surface area (Å²) in [5.41, 5.74) is 2.40. The molecule has 0 atom stereocenters. The first-order valence-electron chi connectivity index (χ1n) is 9.32. The van der Waals surface area contributed by atoms with Crippen LogP contribution in [0.3, 0.4) is 0 Å². The Morgan fingerprint density at radius 2 is 1.28 bits per heavy atom. The normalized spacial score (nSPS) is 10.2. The van der Waals surface area contributed by atoms with E-state index in [0.29, 0.717) is 24.4 Å². The van der Waals surface area contributed by atoms with Gasteiger partial charge in [-0.25, -0.2) is 4.79 Å². The van der Waals surface area contributed by atoms with E-state index in [9.17, 15) is 9.59 Å². The number of nitrogens with zero attached hydrogens (tertiary/aromatic N) is 1. The highest BCUT2D eigenvalue weighted by Crippen LogP contribution is 2.13. The van der Waals surface area contributed by atoms with Crippen LogP contribution in [0.15, 0.2) is 84.9 Å². The molecule has 0 saturated heterocycles. The second-order valence-electron chi connectivity index (χ2n) is 6.53. The van der Waals surface area contributed by atoms with Crippen LogP contribution in [0.25, 0.3) is 0 Å². The van der Waals surface area contributed by atoms with Crippen LogP contribution in [0.1, 0.15) is 21.5 Å². The van der Waals surface area contributed by atoms with Gasteiger partial charge in [-0.05, 0) is 35.4 Å². The topological polar surface area (TPSA) is 55.8 Å². The number of methoxy groups -OCH3 is 1. The molecule has 0 bridgehead atoms. The first-order valence-corrected chi connectivity index (χ1v) is 9.32. The summed E-state index contributed by atoms with van der Waals surface area (Å²) in [5.74, 6) is -0.144. The molecular formula is C24H23NO4. The predicted octanol–water partition coefficient (Wildman–Crippen LogP) is 4.08. The number of rotatable bonds is 8. The Morgan fingerprint density at radius 1 is 0.759 bits per heavy atom. The monoisotopic (exact) mass is 389 g/mol. The van der Waals surface area contributed by atoms with E-state index in [0.717, 1.165) is 11.1 Å². The van der Waals surface area contributed by atoms with Crippen molar-refractivity contribution in [2.75, 3.05) is 13.7 Å². The van der Waals surface area contributed by atoms with Crippen LogP contribution in [0.4, 0.5) is 0 Å². The van der Waals surface area contributed by atoms with Crippen LogP contribution in [-0.2, 0) is 22.6 Å². The van der Waals surface area contributed by atoms with Gasteiger partial charge in [-0.2, -0.15) is 0 Å². The molecule has 3 rings (SSSR count). The fourth-order valence-electron chi connectivity index (χ4n) is 2.87. The van der Waals surface area contributed by atoms with E-state index in [1.807, 2.05) is 60.7 Å². The van der Waals surface area contributed by atoms with Crippen LogP contribution in [0, 0.1) is 0 Å². The number of ether oxygens (including phenoxy) is 2. The molecule has 5 heteroatoms. The summed E-state index contributed by atoms with van der Waals surface area (Å²) in [6.45, 7) is 0.563. The molecule has 0 aromatic heterocycles. The van der Waals surface area contributed by atoms with Gasteiger partial charge in [0.1, 0.15) is 5.75 Å². The van der Waals surface area contributed by atoms with Crippen molar-refractivity contribution in [3.63, 3.8) is 0 Å². The molecule has 0 spiro atoms. The molecule has 0 aliphatic carbocycles. The average Bonchev–Trinajstić information content (AvgIpc) is 2.78. The molecule has 3 aromatic rings. The molecule has 0 radical (unpaired) electrons. The number of hydrogen-bond acceptors (Lipinski definition) is 4. The maximum atomic E-state index is 12.8. The Balaban J connectivity index is 1.65. The molecule has 0 aliphatic rings. The number of amides is 1. The van der Waals surface area contributed by atoms with Gasteiger partial charge in [-0.15, -0.1) is 0 Å². The van der Waals surface area contributed by atoms with Crippen molar-refractivity contribution in [2.45, 2.75) is 13.1 Å². The van der Waals surface area contributed by atoms with E-state index in [1.54, 1.807) is 36.3 Å². The summed E-state index contributed by atoms with van der Waals surface area (Å²) in [6, 6.07) is 26.0. The molecule has 0 fully saturated rings. The van der Waals surface area contributed by atoms with Crippen LogP contribution in [-0.4, -0.2) is 30.5 Å². The summed E-state index contributed by atoms with van der Waals surface area (Å²) in [5, 5.41) is 0. The van der Waals surface area contributed by atoms with Gasteiger partial charge in [0.05, 0.1) is 12.7 Å². The zero-order chi connectivity index (χ0) is 20.5. The summed E-state index contributed by atoms with van der Waals surface area (Å²) in [6.07, 6.45) is 0. The van der Waals surface area contributed by atoms with Gasteiger partial charge in [0.25, 0.3) is 5.91 Å². The Labute approximate surface area is 170 Å². The standard InChI is InChI=1S/C24H23NO4/c1-28-22-14-12-21(13-15-22)24(27)29-18-23(26)25(16-19-8-4-2-5-9-19)17-20-10-6-3-7-11-20/h2-15H,16-18H2,1H3. The molecule has 1 amide bonds. The van der Waals surface area contributed by atoms with Crippen molar-refractivity contribution in [3.8, 4) is 5.75 Å². The third-order valence-corrected chi connectivity index (χ3v) is 4.44. The molecule has 29 heavy (non-hydrogen) atoms. The highest BCUT2D eigenvalue weighted by molar-refractivity contribution is 5.91. The largest absolute Gasteiger partial charge is 0.497 e. The lowest BCUT2D eigenvalue weighted by atomic mass is 10.1. The first-order chi connectivity index (χ1) is 14.2. The summed E-state index contributed by atoms with van der Waals surface area (Å²) < 4.78 is 10.3. The average molecular weight is 389 g/mol. The van der Waals surface area contributed by atoms with Gasteiger partial charge in [0, 0.05) is 13.1 Å². The minimum atomic E-state index is -0.541. The minimum Gasteiger partial charge on any atom is -0.497 e. The molecule has 3 aromatic carbocycles. The van der Waals surface area contributed by atoms with E-state index < -0.39 is 5.97 Å². The van der Waals surface area contributed by atoms with E-state index in [-0.39, 0.29) is 12.5 Å². The Morgan fingerprint density at radius 3 is 1.76 bits per heavy atom. The molecule has 0 unspecified atom stereocenters. The van der Waals surface area contributed by atoms with E-state index in [4.69, 9.17) is 9.47 Å². The molecular weight excluding hydrogens is 366 g/mol. The predicted molar refractivity (Wildman–Crippen MR) is 110 cm³/mol. The third kappa shape index (κ3) is 5.94. The van der Waals surface area contributed by atoms with Crippen molar-refractivity contribution in [1.29, 1.82) is 0 Å². The van der Waals surface area contributed by atoms with E-state index in [1.165, 1.54) is 0 Å². The zero-order valence-electron chi connectivity index (χ0n) is 16.3. The fraction of sp³-hybridized carbons (Fsp3) is 0.167. The smallest absolute Gasteiger partial charge is 0.338 e. The van der Waals surface area contributed by atoms with Crippen LogP contribution in [0.2, 0.25) is 0 Å². The molecule has 148 valence electrons. The van der Waals surface area contributed by atoms with Gasteiger partial charge < -0.3 is 14.4 Å². The fourth-order valence-corrected chi connectivity index (χ4v) is 2.87. The third-order valence-electron chi connectivity index (χ3n) is 4.44. The first kappa shape index (κ1) is 20.1. The summed E-state index contributed by atoms with van der Waals surface area (Å²) >= 11 is 0. The second kappa shape index (κ2) is 10.1. The van der Waals surface area contributed by atoms with Crippen molar-refractivity contribution in [3.05, 3.63) is 102 Å². The number of carbonyl (C=O) groups is 2.